The number of carbonyl (C=O) groups excluding carboxylic acids is 2. The van der Waals surface area contributed by atoms with Gasteiger partial charge in [-0.3, -0.25) is 4.79 Å². The van der Waals surface area contributed by atoms with Gasteiger partial charge in [-0.25, -0.2) is 4.79 Å². The Kier molecular flexibility index (Phi) is 4.30. The summed E-state index contributed by atoms with van der Waals surface area (Å²) in [5, 5.41) is 16.1. The van der Waals surface area contributed by atoms with Crippen molar-refractivity contribution in [2.75, 3.05) is 7.11 Å². The van der Waals surface area contributed by atoms with E-state index in [9.17, 15) is 14.7 Å². The normalized spacial score (nSPS) is 21.1. The third kappa shape index (κ3) is 2.99. The van der Waals surface area contributed by atoms with E-state index in [1.807, 2.05) is 19.1 Å². The third-order valence-corrected chi connectivity index (χ3v) is 4.10. The molecule has 1 aliphatic rings. The second-order valence-corrected chi connectivity index (χ2v) is 6.76. The van der Waals surface area contributed by atoms with Crippen LogP contribution in [0.5, 0.6) is 0 Å². The molecule has 0 fully saturated rings. The molecule has 1 amide bonds. The Hall–Kier alpha value is -2.21. The van der Waals surface area contributed by atoms with Crippen LogP contribution in [-0.4, -0.2) is 40.5 Å². The lowest BCUT2D eigenvalue weighted by Crippen LogP contribution is -2.55. The van der Waals surface area contributed by atoms with Crippen LogP contribution in [0.2, 0.25) is 0 Å². The average molecular weight is 318 g/mol. The first kappa shape index (κ1) is 17.1. The summed E-state index contributed by atoms with van der Waals surface area (Å²) in [5.41, 5.74) is -0.850. The topological polar surface area (TPSA) is 79.2 Å². The maximum Gasteiger partial charge on any atom is 0.354 e. The van der Waals surface area contributed by atoms with Crippen molar-refractivity contribution >= 4 is 17.6 Å². The molecule has 1 N–H and O–H groups in total. The Morgan fingerprint density at radius 2 is 1.83 bits per heavy atom. The third-order valence-electron chi connectivity index (χ3n) is 4.10. The molecule has 0 aromatic heterocycles. The molecule has 23 heavy (non-hydrogen) atoms. The van der Waals surface area contributed by atoms with Gasteiger partial charge in [-0.15, -0.1) is 0 Å². The maximum atomic E-state index is 12.8. The van der Waals surface area contributed by atoms with Gasteiger partial charge in [-0.1, -0.05) is 38.5 Å². The van der Waals surface area contributed by atoms with Gasteiger partial charge in [0.25, 0.3) is 5.91 Å². The monoisotopic (exact) mass is 318 g/mol. The number of methoxy groups -OCH3 is 1. The van der Waals surface area contributed by atoms with Crippen molar-refractivity contribution in [2.45, 2.75) is 39.8 Å². The minimum atomic E-state index is -1.60. The Morgan fingerprint density at radius 1 is 1.26 bits per heavy atom. The van der Waals surface area contributed by atoms with Crippen molar-refractivity contribution in [1.82, 2.24) is 5.01 Å². The summed E-state index contributed by atoms with van der Waals surface area (Å²) in [6.07, 6.45) is -0.0687. The fraction of sp³-hybridized carbons (Fsp3) is 0.471. The second kappa shape index (κ2) is 5.77. The van der Waals surface area contributed by atoms with Gasteiger partial charge in [-0.05, 0) is 19.1 Å². The first-order chi connectivity index (χ1) is 10.6. The molecule has 0 aliphatic carbocycles. The zero-order valence-electron chi connectivity index (χ0n) is 14.1. The number of amides is 1. The van der Waals surface area contributed by atoms with Crippen LogP contribution in [0.15, 0.2) is 29.4 Å². The number of benzene rings is 1. The number of ether oxygens (including phenoxy) is 1. The van der Waals surface area contributed by atoms with Gasteiger partial charge in [0.2, 0.25) is 0 Å². The van der Waals surface area contributed by atoms with Crippen LogP contribution < -0.4 is 0 Å². The lowest BCUT2D eigenvalue weighted by atomic mass is 9.80. The van der Waals surface area contributed by atoms with Crippen LogP contribution in [0.25, 0.3) is 0 Å². The summed E-state index contributed by atoms with van der Waals surface area (Å²) in [7, 11) is 1.24. The number of nitrogens with zero attached hydrogens (tertiary/aromatic N) is 2. The van der Waals surface area contributed by atoms with Gasteiger partial charge in [0.1, 0.15) is 0 Å². The first-order valence-corrected chi connectivity index (χ1v) is 7.39. The molecule has 0 radical (unpaired) electrons. The molecular weight excluding hydrogens is 296 g/mol. The smallest absolute Gasteiger partial charge is 0.354 e. The molecule has 1 aromatic rings. The van der Waals surface area contributed by atoms with Crippen LogP contribution in [0.1, 0.15) is 43.1 Å². The predicted molar refractivity (Wildman–Crippen MR) is 85.8 cm³/mol. The molecule has 0 bridgehead atoms. The zero-order valence-corrected chi connectivity index (χ0v) is 14.1. The Labute approximate surface area is 135 Å². The summed E-state index contributed by atoms with van der Waals surface area (Å²) in [5.74, 6) is -1.10. The van der Waals surface area contributed by atoms with E-state index in [1.165, 1.54) is 7.11 Å². The van der Waals surface area contributed by atoms with Crippen molar-refractivity contribution in [2.24, 2.45) is 10.5 Å². The van der Waals surface area contributed by atoms with E-state index < -0.39 is 23.0 Å². The molecular formula is C17H22N2O4. The van der Waals surface area contributed by atoms with Crippen LogP contribution in [-0.2, 0) is 9.53 Å². The molecule has 2 rings (SSSR count). The van der Waals surface area contributed by atoms with E-state index in [2.05, 4.69) is 9.84 Å². The number of hydrogen-bond donors (Lipinski definition) is 1. The molecule has 0 spiro atoms. The molecule has 1 aliphatic heterocycles. The number of hydrogen-bond acceptors (Lipinski definition) is 5. The van der Waals surface area contributed by atoms with Crippen LogP contribution in [0, 0.1) is 12.3 Å². The van der Waals surface area contributed by atoms with Crippen molar-refractivity contribution < 1.29 is 19.4 Å². The highest BCUT2D eigenvalue weighted by atomic mass is 16.5. The van der Waals surface area contributed by atoms with Crippen molar-refractivity contribution in [3.8, 4) is 0 Å². The molecule has 6 nitrogen and oxygen atoms in total. The number of carbonyl (C=O) groups is 2. The molecule has 0 saturated carbocycles. The van der Waals surface area contributed by atoms with Crippen molar-refractivity contribution in [3.05, 3.63) is 35.4 Å². The van der Waals surface area contributed by atoms with Crippen LogP contribution in [0.3, 0.4) is 0 Å². The fourth-order valence-corrected chi connectivity index (χ4v) is 2.39. The number of hydrazone groups is 1. The molecule has 6 heteroatoms. The molecule has 0 saturated heterocycles. The highest BCUT2D eigenvalue weighted by molar-refractivity contribution is 6.37. The summed E-state index contributed by atoms with van der Waals surface area (Å²) in [6, 6.07) is 6.97. The number of aryl methyl sites for hydroxylation is 1. The van der Waals surface area contributed by atoms with Gasteiger partial charge in [0.05, 0.1) is 7.11 Å². The first-order valence-electron chi connectivity index (χ1n) is 7.39. The van der Waals surface area contributed by atoms with E-state index in [0.717, 1.165) is 10.6 Å². The molecule has 0 unspecified atom stereocenters. The van der Waals surface area contributed by atoms with Gasteiger partial charge in [0, 0.05) is 17.4 Å². The highest BCUT2D eigenvalue weighted by Crippen LogP contribution is 2.41. The molecule has 1 atom stereocenters. The SMILES string of the molecule is COC(=O)C1=NN(C(=O)c2ccc(C)cc2)[C@](O)(C(C)(C)C)C1. The minimum absolute atomic E-state index is 0.0328. The largest absolute Gasteiger partial charge is 0.464 e. The van der Waals surface area contributed by atoms with Crippen molar-refractivity contribution in [3.63, 3.8) is 0 Å². The molecule has 124 valence electrons. The number of aliphatic hydroxyl groups is 1. The number of rotatable bonds is 2. The Morgan fingerprint density at radius 3 is 2.30 bits per heavy atom. The minimum Gasteiger partial charge on any atom is -0.464 e. The Bertz CT molecular complexity index is 658. The second-order valence-electron chi connectivity index (χ2n) is 6.76. The average Bonchev–Trinajstić information content (AvgIpc) is 2.85. The van der Waals surface area contributed by atoms with E-state index in [-0.39, 0.29) is 12.1 Å². The summed E-state index contributed by atoms with van der Waals surface area (Å²) in [4.78, 5) is 24.6. The van der Waals surface area contributed by atoms with Crippen LogP contribution >= 0.6 is 0 Å². The van der Waals surface area contributed by atoms with Crippen LogP contribution in [0.4, 0.5) is 0 Å². The van der Waals surface area contributed by atoms with Gasteiger partial charge in [-0.2, -0.15) is 10.1 Å². The zero-order chi connectivity index (χ0) is 17.4. The summed E-state index contributed by atoms with van der Waals surface area (Å²) < 4.78 is 4.67. The lowest BCUT2D eigenvalue weighted by Gasteiger charge is -2.41. The molecule has 1 aromatic carbocycles. The van der Waals surface area contributed by atoms with Gasteiger partial charge < -0.3 is 9.84 Å². The van der Waals surface area contributed by atoms with E-state index >= 15 is 0 Å². The lowest BCUT2D eigenvalue weighted by molar-refractivity contribution is -0.144. The van der Waals surface area contributed by atoms with E-state index in [0.29, 0.717) is 5.56 Å². The predicted octanol–water partition coefficient (Wildman–Crippen LogP) is 2.10. The number of esters is 1. The molecule has 1 heterocycles. The van der Waals surface area contributed by atoms with Gasteiger partial charge >= 0.3 is 5.97 Å². The van der Waals surface area contributed by atoms with Gasteiger partial charge in [0.15, 0.2) is 11.4 Å². The van der Waals surface area contributed by atoms with Crippen molar-refractivity contribution in [1.29, 1.82) is 0 Å². The standard InChI is InChI=1S/C17H22N2O4/c1-11-6-8-12(9-7-11)14(20)19-17(22,16(2,3)4)10-13(18-19)15(21)23-5/h6-9,22H,10H2,1-5H3/t17-/m1/s1. The fourth-order valence-electron chi connectivity index (χ4n) is 2.39. The van der Waals surface area contributed by atoms with E-state index in [4.69, 9.17) is 0 Å². The quantitative estimate of drug-likeness (QED) is 0.847. The Balaban J connectivity index is 2.45. The van der Waals surface area contributed by atoms with E-state index in [1.54, 1.807) is 32.9 Å². The summed E-state index contributed by atoms with van der Waals surface area (Å²) >= 11 is 0. The summed E-state index contributed by atoms with van der Waals surface area (Å²) in [6.45, 7) is 7.29. The highest BCUT2D eigenvalue weighted by Gasteiger charge is 2.54. The maximum absolute atomic E-state index is 12.8.